The number of hydrogen-bond donors (Lipinski definition) is 1. The summed E-state index contributed by atoms with van der Waals surface area (Å²) in [5.74, 6) is 0. The van der Waals surface area contributed by atoms with Gasteiger partial charge in [0.1, 0.15) is 0 Å². The van der Waals surface area contributed by atoms with Gasteiger partial charge in [-0.2, -0.15) is 0 Å². The van der Waals surface area contributed by atoms with E-state index in [0.717, 1.165) is 6.42 Å². The van der Waals surface area contributed by atoms with Crippen molar-refractivity contribution in [2.24, 2.45) is 0 Å². The first-order valence-corrected chi connectivity index (χ1v) is 3.82. The van der Waals surface area contributed by atoms with Crippen molar-refractivity contribution in [1.29, 1.82) is 0 Å². The van der Waals surface area contributed by atoms with Gasteiger partial charge in [0.15, 0.2) is 0 Å². The van der Waals surface area contributed by atoms with Crippen molar-refractivity contribution in [3.05, 3.63) is 23.8 Å². The fraction of sp³-hybridized carbons (Fsp3) is 0.556. The molecule has 1 atom stereocenters. The maximum atomic E-state index is 8.90. The zero-order chi connectivity index (χ0) is 7.98. The van der Waals surface area contributed by atoms with Gasteiger partial charge >= 0.3 is 0 Å². The highest BCUT2D eigenvalue weighted by Crippen LogP contribution is 2.08. The van der Waals surface area contributed by atoms with E-state index in [9.17, 15) is 0 Å². The Hall–Kier alpha value is -0.560. The minimum Gasteiger partial charge on any atom is -0.389 e. The van der Waals surface area contributed by atoms with Gasteiger partial charge in [0.2, 0.25) is 0 Å². The van der Waals surface area contributed by atoms with Gasteiger partial charge in [-0.1, -0.05) is 37.6 Å². The average molecular weight is 140 g/mol. The zero-order valence-corrected chi connectivity index (χ0v) is 6.96. The molecule has 0 heterocycles. The molecule has 0 aromatic rings. The van der Waals surface area contributed by atoms with E-state index in [1.165, 1.54) is 5.57 Å². The lowest BCUT2D eigenvalue weighted by atomic mass is 10.1. The van der Waals surface area contributed by atoms with Crippen molar-refractivity contribution in [2.45, 2.75) is 33.3 Å². The van der Waals surface area contributed by atoms with E-state index in [4.69, 9.17) is 5.11 Å². The van der Waals surface area contributed by atoms with Crippen LogP contribution in [0.1, 0.15) is 27.2 Å². The molecule has 1 unspecified atom stereocenters. The van der Waals surface area contributed by atoms with Crippen LogP contribution >= 0.6 is 0 Å². The third-order valence-electron chi connectivity index (χ3n) is 1.26. The lowest BCUT2D eigenvalue weighted by molar-refractivity contribution is 0.225. The van der Waals surface area contributed by atoms with Gasteiger partial charge in [-0.3, -0.25) is 0 Å². The Balaban J connectivity index is 0.000000371. The van der Waals surface area contributed by atoms with Crippen molar-refractivity contribution in [3.63, 3.8) is 0 Å². The number of allylic oxidation sites excluding steroid dienone is 2. The summed E-state index contributed by atoms with van der Waals surface area (Å²) in [6, 6.07) is 0. The van der Waals surface area contributed by atoms with Crippen molar-refractivity contribution in [2.75, 3.05) is 0 Å². The maximum Gasteiger partial charge on any atom is 0.0758 e. The molecule has 1 heteroatoms. The van der Waals surface area contributed by atoms with Crippen LogP contribution in [0.3, 0.4) is 0 Å². The molecule has 10 heavy (non-hydrogen) atoms. The molecule has 1 aliphatic carbocycles. The molecule has 0 spiro atoms. The van der Waals surface area contributed by atoms with Crippen LogP contribution in [-0.2, 0) is 0 Å². The SMILES string of the molecule is CC.CC1=CCC(O)C=C1. The van der Waals surface area contributed by atoms with E-state index in [2.05, 4.69) is 0 Å². The molecule has 0 aromatic heterocycles. The van der Waals surface area contributed by atoms with Crippen molar-refractivity contribution >= 4 is 0 Å². The molecule has 1 aliphatic rings. The summed E-state index contributed by atoms with van der Waals surface area (Å²) in [4.78, 5) is 0. The third-order valence-corrected chi connectivity index (χ3v) is 1.26. The summed E-state index contributed by atoms with van der Waals surface area (Å²) in [7, 11) is 0. The molecule has 1 N–H and O–H groups in total. The highest BCUT2D eigenvalue weighted by molar-refractivity contribution is 5.21. The van der Waals surface area contributed by atoms with Crippen molar-refractivity contribution < 1.29 is 5.11 Å². The monoisotopic (exact) mass is 140 g/mol. The standard InChI is InChI=1S/C7H10O.C2H6/c1-6-2-4-7(8)5-3-6;1-2/h2-4,7-8H,5H2,1H3;1-2H3. The molecule has 0 saturated carbocycles. The molecule has 0 bridgehead atoms. The maximum absolute atomic E-state index is 8.90. The second-order valence-electron chi connectivity index (χ2n) is 2.11. The molecule has 58 valence electrons. The fourth-order valence-corrected chi connectivity index (χ4v) is 0.716. The summed E-state index contributed by atoms with van der Waals surface area (Å²) < 4.78 is 0. The predicted molar refractivity (Wildman–Crippen MR) is 44.9 cm³/mol. The smallest absolute Gasteiger partial charge is 0.0758 e. The fourth-order valence-electron chi connectivity index (χ4n) is 0.716. The first kappa shape index (κ1) is 9.44. The molecule has 0 saturated heterocycles. The normalized spacial score (nSPS) is 22.8. The number of rotatable bonds is 0. The Bertz CT molecular complexity index is 134. The van der Waals surface area contributed by atoms with Crippen molar-refractivity contribution in [3.8, 4) is 0 Å². The predicted octanol–water partition coefficient (Wildman–Crippen LogP) is 2.28. The average Bonchev–Trinajstić information content (AvgIpc) is 2.00. The quantitative estimate of drug-likeness (QED) is 0.547. The number of aliphatic hydroxyl groups is 1. The Morgan fingerprint density at radius 2 is 2.10 bits per heavy atom. The molecule has 1 rings (SSSR count). The topological polar surface area (TPSA) is 20.2 Å². The molecule has 0 fully saturated rings. The Kier molecular flexibility index (Phi) is 4.95. The van der Waals surface area contributed by atoms with E-state index < -0.39 is 0 Å². The molecule has 0 aliphatic heterocycles. The summed E-state index contributed by atoms with van der Waals surface area (Å²) in [5.41, 5.74) is 1.25. The second-order valence-corrected chi connectivity index (χ2v) is 2.11. The summed E-state index contributed by atoms with van der Waals surface area (Å²) in [6.45, 7) is 6.03. The van der Waals surface area contributed by atoms with Crippen LogP contribution in [0.2, 0.25) is 0 Å². The molecular formula is C9H16O. The molecule has 0 aromatic carbocycles. The first-order chi connectivity index (χ1) is 4.79. The van der Waals surface area contributed by atoms with Crippen LogP contribution in [-0.4, -0.2) is 11.2 Å². The van der Waals surface area contributed by atoms with E-state index in [1.54, 1.807) is 0 Å². The first-order valence-electron chi connectivity index (χ1n) is 3.82. The van der Waals surface area contributed by atoms with Gasteiger partial charge in [-0.25, -0.2) is 0 Å². The van der Waals surface area contributed by atoms with E-state index in [1.807, 2.05) is 39.0 Å². The van der Waals surface area contributed by atoms with Gasteiger partial charge in [0, 0.05) is 0 Å². The van der Waals surface area contributed by atoms with Gasteiger partial charge in [-0.15, -0.1) is 0 Å². The van der Waals surface area contributed by atoms with Gasteiger partial charge in [0.25, 0.3) is 0 Å². The van der Waals surface area contributed by atoms with Crippen LogP contribution in [0, 0.1) is 0 Å². The zero-order valence-electron chi connectivity index (χ0n) is 6.96. The van der Waals surface area contributed by atoms with Gasteiger partial charge < -0.3 is 5.11 Å². The van der Waals surface area contributed by atoms with E-state index in [0.29, 0.717) is 0 Å². The van der Waals surface area contributed by atoms with Gasteiger partial charge in [-0.05, 0) is 13.3 Å². The van der Waals surface area contributed by atoms with Crippen LogP contribution in [0.4, 0.5) is 0 Å². The highest BCUT2D eigenvalue weighted by Gasteiger charge is 1.99. The second kappa shape index (κ2) is 5.24. The highest BCUT2D eigenvalue weighted by atomic mass is 16.3. The molecular weight excluding hydrogens is 124 g/mol. The van der Waals surface area contributed by atoms with Crippen LogP contribution in [0.15, 0.2) is 23.8 Å². The molecule has 1 nitrogen and oxygen atoms in total. The minimum atomic E-state index is -0.237. The largest absolute Gasteiger partial charge is 0.389 e. The molecule has 0 radical (unpaired) electrons. The van der Waals surface area contributed by atoms with Gasteiger partial charge in [0.05, 0.1) is 6.10 Å². The Labute approximate surface area is 63.1 Å². The van der Waals surface area contributed by atoms with Crippen LogP contribution < -0.4 is 0 Å². The van der Waals surface area contributed by atoms with E-state index >= 15 is 0 Å². The number of aliphatic hydroxyl groups excluding tert-OH is 1. The lowest BCUT2D eigenvalue weighted by Crippen LogP contribution is -2.02. The number of hydrogen-bond acceptors (Lipinski definition) is 1. The van der Waals surface area contributed by atoms with E-state index in [-0.39, 0.29) is 6.10 Å². The van der Waals surface area contributed by atoms with Crippen LogP contribution in [0.25, 0.3) is 0 Å². The third kappa shape index (κ3) is 3.46. The van der Waals surface area contributed by atoms with Crippen LogP contribution in [0.5, 0.6) is 0 Å². The molecule has 0 amide bonds. The van der Waals surface area contributed by atoms with Crippen molar-refractivity contribution in [1.82, 2.24) is 0 Å². The minimum absolute atomic E-state index is 0.237. The Morgan fingerprint density at radius 1 is 1.50 bits per heavy atom. The Morgan fingerprint density at radius 3 is 2.40 bits per heavy atom. The lowest BCUT2D eigenvalue weighted by Gasteiger charge is -2.06. The summed E-state index contributed by atoms with van der Waals surface area (Å²) in [6.07, 6.45) is 6.33. The summed E-state index contributed by atoms with van der Waals surface area (Å²) >= 11 is 0. The summed E-state index contributed by atoms with van der Waals surface area (Å²) in [5, 5.41) is 8.90.